The molecule has 0 saturated carbocycles. The second-order valence-corrected chi connectivity index (χ2v) is 4.72. The summed E-state index contributed by atoms with van der Waals surface area (Å²) in [4.78, 5) is 0. The minimum Gasteiger partial charge on any atom is -0.495 e. The van der Waals surface area contributed by atoms with Gasteiger partial charge in [0.15, 0.2) is 0 Å². The highest BCUT2D eigenvalue weighted by Gasteiger charge is 2.17. The molecule has 1 atom stereocenters. The zero-order chi connectivity index (χ0) is 11.7. The van der Waals surface area contributed by atoms with Gasteiger partial charge in [-0.3, -0.25) is 0 Å². The molecule has 0 heterocycles. The van der Waals surface area contributed by atoms with Crippen molar-refractivity contribution in [2.24, 2.45) is 5.73 Å². The summed E-state index contributed by atoms with van der Waals surface area (Å²) in [5, 5.41) is 0. The van der Waals surface area contributed by atoms with Crippen LogP contribution in [0.1, 0.15) is 35.2 Å². The van der Waals surface area contributed by atoms with Crippen LogP contribution in [0.4, 0.5) is 0 Å². The topological polar surface area (TPSA) is 35.2 Å². The molecule has 0 spiro atoms. The number of benzene rings is 1. The van der Waals surface area contributed by atoms with Gasteiger partial charge in [-0.15, -0.1) is 0 Å². The number of hydrogen-bond acceptors (Lipinski definition) is 2. The van der Waals surface area contributed by atoms with Crippen molar-refractivity contribution in [1.82, 2.24) is 0 Å². The van der Waals surface area contributed by atoms with E-state index >= 15 is 0 Å². The molecule has 2 nitrogen and oxygen atoms in total. The second kappa shape index (κ2) is 4.54. The smallest absolute Gasteiger partial charge is 0.136 e. The second-order valence-electron chi connectivity index (χ2n) is 3.92. The lowest BCUT2D eigenvalue weighted by Crippen LogP contribution is -2.11. The van der Waals surface area contributed by atoms with Crippen LogP contribution in [0.2, 0.25) is 0 Å². The molecule has 0 amide bonds. The van der Waals surface area contributed by atoms with Crippen molar-refractivity contribution >= 4 is 15.9 Å². The zero-order valence-corrected chi connectivity index (χ0v) is 11.5. The van der Waals surface area contributed by atoms with Crippen LogP contribution in [0.15, 0.2) is 4.47 Å². The summed E-state index contributed by atoms with van der Waals surface area (Å²) in [7, 11) is 1.69. The Morgan fingerprint density at radius 2 is 1.67 bits per heavy atom. The molecule has 1 unspecified atom stereocenters. The Labute approximate surface area is 99.9 Å². The van der Waals surface area contributed by atoms with E-state index in [1.54, 1.807) is 7.11 Å². The Morgan fingerprint density at radius 3 is 2.07 bits per heavy atom. The molecule has 1 rings (SSSR count). The third-order valence-electron chi connectivity index (χ3n) is 2.90. The third-order valence-corrected chi connectivity index (χ3v) is 3.85. The van der Waals surface area contributed by atoms with Crippen molar-refractivity contribution in [1.29, 1.82) is 0 Å². The molecule has 15 heavy (non-hydrogen) atoms. The van der Waals surface area contributed by atoms with Gasteiger partial charge >= 0.3 is 0 Å². The number of methoxy groups -OCH3 is 1. The van der Waals surface area contributed by atoms with Crippen LogP contribution < -0.4 is 10.5 Å². The molecular weight excluding hydrogens is 254 g/mol. The SMILES string of the molecule is COc1c(C)c(C)c(C(C)N)c(C)c1Br. The quantitative estimate of drug-likeness (QED) is 0.895. The Hall–Kier alpha value is -0.540. The van der Waals surface area contributed by atoms with E-state index in [2.05, 4.69) is 36.7 Å². The first-order valence-corrected chi connectivity index (χ1v) is 5.79. The van der Waals surface area contributed by atoms with Crippen molar-refractivity contribution < 1.29 is 4.74 Å². The molecule has 0 radical (unpaired) electrons. The zero-order valence-electron chi connectivity index (χ0n) is 9.94. The summed E-state index contributed by atoms with van der Waals surface area (Å²) in [6.07, 6.45) is 0. The monoisotopic (exact) mass is 271 g/mol. The van der Waals surface area contributed by atoms with E-state index in [1.807, 2.05) is 6.92 Å². The Bertz CT molecular complexity index is 357. The van der Waals surface area contributed by atoms with E-state index in [1.165, 1.54) is 16.7 Å². The van der Waals surface area contributed by atoms with Gasteiger partial charge in [0.1, 0.15) is 5.75 Å². The van der Waals surface area contributed by atoms with Crippen LogP contribution in [-0.4, -0.2) is 7.11 Å². The van der Waals surface area contributed by atoms with E-state index in [4.69, 9.17) is 10.5 Å². The van der Waals surface area contributed by atoms with Gasteiger partial charge < -0.3 is 10.5 Å². The predicted octanol–water partition coefficient (Wildman–Crippen LogP) is 3.40. The molecule has 0 aliphatic heterocycles. The lowest BCUT2D eigenvalue weighted by molar-refractivity contribution is 0.407. The first kappa shape index (κ1) is 12.5. The largest absolute Gasteiger partial charge is 0.495 e. The fourth-order valence-corrected chi connectivity index (χ4v) is 2.71. The van der Waals surface area contributed by atoms with Crippen LogP contribution in [0.25, 0.3) is 0 Å². The molecule has 0 bridgehead atoms. The highest BCUT2D eigenvalue weighted by atomic mass is 79.9. The lowest BCUT2D eigenvalue weighted by atomic mass is 9.93. The summed E-state index contributed by atoms with van der Waals surface area (Å²) >= 11 is 3.56. The molecule has 84 valence electrons. The standard InChI is InChI=1S/C12H18BrNO/c1-6-7(2)12(15-5)11(13)8(3)10(6)9(4)14/h9H,14H2,1-5H3. The maximum absolute atomic E-state index is 5.98. The summed E-state index contributed by atoms with van der Waals surface area (Å²) < 4.78 is 6.40. The van der Waals surface area contributed by atoms with E-state index in [9.17, 15) is 0 Å². The van der Waals surface area contributed by atoms with Gasteiger partial charge in [-0.2, -0.15) is 0 Å². The molecule has 2 N–H and O–H groups in total. The molecule has 0 aliphatic carbocycles. The van der Waals surface area contributed by atoms with Crippen molar-refractivity contribution in [2.75, 3.05) is 7.11 Å². The first-order chi connectivity index (χ1) is 6.91. The minimum atomic E-state index is 0.0471. The molecular formula is C12H18BrNO. The first-order valence-electron chi connectivity index (χ1n) is 5.00. The van der Waals surface area contributed by atoms with Crippen LogP contribution in [-0.2, 0) is 0 Å². The van der Waals surface area contributed by atoms with Crippen molar-refractivity contribution in [3.63, 3.8) is 0 Å². The predicted molar refractivity (Wildman–Crippen MR) is 67.5 cm³/mol. The van der Waals surface area contributed by atoms with Crippen molar-refractivity contribution in [3.8, 4) is 5.75 Å². The normalized spacial score (nSPS) is 12.7. The fraction of sp³-hybridized carbons (Fsp3) is 0.500. The van der Waals surface area contributed by atoms with Gasteiger partial charge in [-0.1, -0.05) is 0 Å². The average molecular weight is 272 g/mol. The maximum atomic E-state index is 5.98. The van der Waals surface area contributed by atoms with E-state index in [0.29, 0.717) is 0 Å². The van der Waals surface area contributed by atoms with Gasteiger partial charge in [-0.25, -0.2) is 0 Å². The van der Waals surface area contributed by atoms with Gasteiger partial charge in [0.05, 0.1) is 11.6 Å². The molecule has 0 aromatic heterocycles. The van der Waals surface area contributed by atoms with Crippen LogP contribution >= 0.6 is 15.9 Å². The fourth-order valence-electron chi connectivity index (χ4n) is 2.03. The summed E-state index contributed by atoms with van der Waals surface area (Å²) in [6.45, 7) is 8.23. The van der Waals surface area contributed by atoms with Gasteiger partial charge in [-0.05, 0) is 65.9 Å². The Kier molecular flexibility index (Phi) is 3.79. The summed E-state index contributed by atoms with van der Waals surface area (Å²) in [5.74, 6) is 0.911. The number of hydrogen-bond donors (Lipinski definition) is 1. The van der Waals surface area contributed by atoms with Gasteiger partial charge in [0, 0.05) is 6.04 Å². The lowest BCUT2D eigenvalue weighted by Gasteiger charge is -2.20. The van der Waals surface area contributed by atoms with E-state index in [0.717, 1.165) is 15.8 Å². The van der Waals surface area contributed by atoms with Gasteiger partial charge in [0.2, 0.25) is 0 Å². The average Bonchev–Trinajstić information content (AvgIpc) is 2.16. The molecule has 1 aromatic rings. The Balaban J connectivity index is 3.59. The summed E-state index contributed by atoms with van der Waals surface area (Å²) in [6, 6.07) is 0.0471. The number of halogens is 1. The maximum Gasteiger partial charge on any atom is 0.136 e. The number of ether oxygens (including phenoxy) is 1. The van der Waals surface area contributed by atoms with Crippen LogP contribution in [0, 0.1) is 20.8 Å². The molecule has 1 aromatic carbocycles. The molecule has 0 fully saturated rings. The molecule has 0 aliphatic rings. The van der Waals surface area contributed by atoms with Gasteiger partial charge in [0.25, 0.3) is 0 Å². The third kappa shape index (κ3) is 2.04. The van der Waals surface area contributed by atoms with Crippen molar-refractivity contribution in [2.45, 2.75) is 33.7 Å². The van der Waals surface area contributed by atoms with E-state index < -0.39 is 0 Å². The Morgan fingerprint density at radius 1 is 1.13 bits per heavy atom. The van der Waals surface area contributed by atoms with Crippen molar-refractivity contribution in [3.05, 3.63) is 26.7 Å². The molecule has 0 saturated heterocycles. The van der Waals surface area contributed by atoms with Crippen LogP contribution in [0.3, 0.4) is 0 Å². The minimum absolute atomic E-state index is 0.0471. The number of nitrogens with two attached hydrogens (primary N) is 1. The highest BCUT2D eigenvalue weighted by Crippen LogP contribution is 2.38. The van der Waals surface area contributed by atoms with E-state index in [-0.39, 0.29) is 6.04 Å². The van der Waals surface area contributed by atoms with Crippen LogP contribution in [0.5, 0.6) is 5.75 Å². The number of rotatable bonds is 2. The summed E-state index contributed by atoms with van der Waals surface area (Å²) in [5.41, 5.74) is 10.7. The molecule has 3 heteroatoms. The highest BCUT2D eigenvalue weighted by molar-refractivity contribution is 9.10.